The summed E-state index contributed by atoms with van der Waals surface area (Å²) >= 11 is 11.9. The molecule has 7 heteroatoms. The number of allylic oxidation sites excluding steroid dienone is 1. The zero-order valence-electron chi connectivity index (χ0n) is 10.7. The summed E-state index contributed by atoms with van der Waals surface area (Å²) in [6, 6.07) is 2.73. The van der Waals surface area contributed by atoms with Crippen LogP contribution >= 0.6 is 33.9 Å². The molecule has 0 N–H and O–H groups in total. The molecule has 1 aromatic rings. The molecule has 0 fully saturated rings. The highest BCUT2D eigenvalue weighted by molar-refractivity contribution is 8.13. The van der Waals surface area contributed by atoms with E-state index in [1.807, 2.05) is 6.08 Å². The Morgan fingerprint density at radius 3 is 2.45 bits per heavy atom. The largest absolute Gasteiger partial charge is 0.492 e. The third-order valence-corrected chi connectivity index (χ3v) is 4.93. The normalized spacial score (nSPS) is 11.3. The van der Waals surface area contributed by atoms with Crippen LogP contribution in [0.25, 0.3) is 0 Å². The second-order valence-electron chi connectivity index (χ2n) is 4.11. The summed E-state index contributed by atoms with van der Waals surface area (Å²) < 4.78 is 28.0. The van der Waals surface area contributed by atoms with Crippen LogP contribution in [0, 0.1) is 0 Å². The molecule has 3 nitrogen and oxygen atoms in total. The van der Waals surface area contributed by atoms with E-state index in [1.54, 1.807) is 0 Å². The first-order valence-corrected chi connectivity index (χ1v) is 9.10. The topological polar surface area (TPSA) is 43.4 Å². The maximum absolute atomic E-state index is 11.3. The maximum Gasteiger partial charge on any atom is 0.262 e. The van der Waals surface area contributed by atoms with Crippen LogP contribution in [0.1, 0.15) is 25.7 Å². The van der Waals surface area contributed by atoms with Gasteiger partial charge in [-0.05, 0) is 37.8 Å². The van der Waals surface area contributed by atoms with Crippen molar-refractivity contribution in [3.8, 4) is 5.75 Å². The van der Waals surface area contributed by atoms with E-state index in [4.69, 9.17) is 38.6 Å². The second kappa shape index (κ2) is 8.13. The highest BCUT2D eigenvalue weighted by Crippen LogP contribution is 2.37. The quantitative estimate of drug-likeness (QED) is 0.371. The summed E-state index contributed by atoms with van der Waals surface area (Å²) in [5, 5.41) is -0.0645. The van der Waals surface area contributed by atoms with Crippen LogP contribution in [0.15, 0.2) is 29.7 Å². The Labute approximate surface area is 133 Å². The molecule has 1 aromatic carbocycles. The van der Waals surface area contributed by atoms with Crippen molar-refractivity contribution in [1.82, 2.24) is 0 Å². The number of ether oxygens (including phenoxy) is 1. The van der Waals surface area contributed by atoms with Crippen molar-refractivity contribution in [3.05, 3.63) is 34.8 Å². The van der Waals surface area contributed by atoms with Gasteiger partial charge in [-0.3, -0.25) is 0 Å². The van der Waals surface area contributed by atoms with E-state index in [9.17, 15) is 8.42 Å². The van der Waals surface area contributed by atoms with Crippen LogP contribution in [0.2, 0.25) is 10.0 Å². The maximum atomic E-state index is 11.3. The predicted octanol–water partition coefficient (Wildman–Crippen LogP) is 5.05. The first-order chi connectivity index (χ1) is 9.38. The fourth-order valence-electron chi connectivity index (χ4n) is 1.56. The van der Waals surface area contributed by atoms with Gasteiger partial charge in [0.25, 0.3) is 9.05 Å². The van der Waals surface area contributed by atoms with E-state index >= 15 is 0 Å². The van der Waals surface area contributed by atoms with E-state index in [-0.39, 0.29) is 14.9 Å². The summed E-state index contributed by atoms with van der Waals surface area (Å²) in [6.45, 7) is 4.14. The molecule has 0 unspecified atom stereocenters. The molecule has 0 aliphatic heterocycles. The van der Waals surface area contributed by atoms with Gasteiger partial charge in [0.15, 0.2) is 0 Å². The van der Waals surface area contributed by atoms with Gasteiger partial charge in [-0.2, -0.15) is 0 Å². The first kappa shape index (κ1) is 17.6. The molecule has 0 heterocycles. The lowest BCUT2D eigenvalue weighted by Gasteiger charge is -2.10. The van der Waals surface area contributed by atoms with E-state index in [0.717, 1.165) is 25.7 Å². The lowest BCUT2D eigenvalue weighted by Crippen LogP contribution is -2.00. The summed E-state index contributed by atoms with van der Waals surface area (Å²) in [4.78, 5) is -0.218. The second-order valence-corrected chi connectivity index (χ2v) is 7.40. The van der Waals surface area contributed by atoms with Gasteiger partial charge in [-0.15, -0.1) is 6.58 Å². The molecule has 0 aromatic heterocycles. The zero-order valence-corrected chi connectivity index (χ0v) is 13.8. The zero-order chi connectivity index (χ0) is 15.2. The van der Waals surface area contributed by atoms with Gasteiger partial charge in [0.1, 0.15) is 15.7 Å². The summed E-state index contributed by atoms with van der Waals surface area (Å²) in [7, 11) is 1.33. The fourth-order valence-corrected chi connectivity index (χ4v) is 3.35. The fraction of sp³-hybridized carbons (Fsp3) is 0.385. The molecule has 0 spiro atoms. The van der Waals surface area contributed by atoms with Gasteiger partial charge < -0.3 is 4.74 Å². The van der Waals surface area contributed by atoms with Gasteiger partial charge >= 0.3 is 0 Å². The number of benzene rings is 1. The average molecular weight is 358 g/mol. The van der Waals surface area contributed by atoms with Crippen LogP contribution in [0.4, 0.5) is 0 Å². The summed E-state index contributed by atoms with van der Waals surface area (Å²) in [6.07, 6.45) is 5.81. The average Bonchev–Trinajstić information content (AvgIpc) is 2.37. The number of hydrogen-bond acceptors (Lipinski definition) is 3. The minimum atomic E-state index is -3.92. The summed E-state index contributed by atoms with van der Waals surface area (Å²) in [5.74, 6) is 0.351. The standard InChI is InChI=1S/C13H15Cl3O3S/c1-2-3-4-5-6-9-19-10-7-8-11(20(16,17)18)13(15)12(10)14/h2,7-8H,1,3-6,9H2. The van der Waals surface area contributed by atoms with Gasteiger partial charge in [-0.1, -0.05) is 29.3 Å². The highest BCUT2D eigenvalue weighted by atomic mass is 35.7. The monoisotopic (exact) mass is 356 g/mol. The van der Waals surface area contributed by atoms with Gasteiger partial charge in [0.05, 0.1) is 11.6 Å². The molecule has 20 heavy (non-hydrogen) atoms. The molecule has 0 bridgehead atoms. The molecule has 0 saturated carbocycles. The molecule has 0 aliphatic rings. The van der Waals surface area contributed by atoms with Gasteiger partial charge in [0, 0.05) is 10.7 Å². The summed E-state index contributed by atoms with van der Waals surface area (Å²) in [5.41, 5.74) is 0. The Morgan fingerprint density at radius 2 is 1.85 bits per heavy atom. The Balaban J connectivity index is 2.65. The van der Waals surface area contributed by atoms with Gasteiger partial charge in [0.2, 0.25) is 0 Å². The molecule has 0 radical (unpaired) electrons. The van der Waals surface area contributed by atoms with E-state index in [0.29, 0.717) is 12.4 Å². The van der Waals surface area contributed by atoms with Crippen molar-refractivity contribution >= 4 is 42.9 Å². The number of halogens is 3. The van der Waals surface area contributed by atoms with Crippen molar-refractivity contribution in [2.75, 3.05) is 6.61 Å². The molecule has 112 valence electrons. The van der Waals surface area contributed by atoms with E-state index in [2.05, 4.69) is 6.58 Å². The number of hydrogen-bond donors (Lipinski definition) is 0. The molecule has 0 amide bonds. The predicted molar refractivity (Wildman–Crippen MR) is 83.7 cm³/mol. The molecule has 0 atom stereocenters. The van der Waals surface area contributed by atoms with Crippen molar-refractivity contribution in [3.63, 3.8) is 0 Å². The highest BCUT2D eigenvalue weighted by Gasteiger charge is 2.19. The molecule has 0 aliphatic carbocycles. The van der Waals surface area contributed by atoms with Crippen LogP contribution in [0.3, 0.4) is 0 Å². The van der Waals surface area contributed by atoms with Crippen LogP contribution in [-0.4, -0.2) is 15.0 Å². The van der Waals surface area contributed by atoms with E-state index < -0.39 is 9.05 Å². The molecular formula is C13H15Cl3O3S. The number of rotatable bonds is 8. The molecule has 1 rings (SSSR count). The van der Waals surface area contributed by atoms with Crippen LogP contribution in [-0.2, 0) is 9.05 Å². The lowest BCUT2D eigenvalue weighted by atomic mass is 10.2. The van der Waals surface area contributed by atoms with Crippen molar-refractivity contribution in [1.29, 1.82) is 0 Å². The van der Waals surface area contributed by atoms with Gasteiger partial charge in [-0.25, -0.2) is 8.42 Å². The van der Waals surface area contributed by atoms with Crippen molar-refractivity contribution < 1.29 is 13.2 Å². The Morgan fingerprint density at radius 1 is 1.15 bits per heavy atom. The first-order valence-electron chi connectivity index (χ1n) is 6.04. The molecule has 0 saturated heterocycles. The van der Waals surface area contributed by atoms with E-state index in [1.165, 1.54) is 12.1 Å². The third kappa shape index (κ3) is 5.17. The van der Waals surface area contributed by atoms with Crippen molar-refractivity contribution in [2.24, 2.45) is 0 Å². The van der Waals surface area contributed by atoms with Crippen molar-refractivity contribution in [2.45, 2.75) is 30.6 Å². The molecular weight excluding hydrogens is 343 g/mol. The minimum absolute atomic E-state index is 0.0551. The lowest BCUT2D eigenvalue weighted by molar-refractivity contribution is 0.305. The minimum Gasteiger partial charge on any atom is -0.492 e. The Kier molecular flexibility index (Phi) is 7.17. The Bertz CT molecular complexity index is 570. The number of unbranched alkanes of at least 4 members (excludes halogenated alkanes) is 3. The van der Waals surface area contributed by atoms with Crippen LogP contribution in [0.5, 0.6) is 5.75 Å². The smallest absolute Gasteiger partial charge is 0.262 e. The Hall–Kier alpha value is -0.420. The van der Waals surface area contributed by atoms with Crippen LogP contribution < -0.4 is 4.74 Å². The third-order valence-electron chi connectivity index (χ3n) is 2.58. The SMILES string of the molecule is C=CCCCCCOc1ccc(S(=O)(=O)Cl)c(Cl)c1Cl.